The third kappa shape index (κ3) is 2.40. The van der Waals surface area contributed by atoms with Gasteiger partial charge in [0, 0.05) is 26.2 Å². The van der Waals surface area contributed by atoms with Crippen molar-refractivity contribution in [3.05, 3.63) is 0 Å². The Morgan fingerprint density at radius 2 is 2.23 bits per heavy atom. The lowest BCUT2D eigenvalue weighted by molar-refractivity contribution is 0.425. The summed E-state index contributed by atoms with van der Waals surface area (Å²) < 4.78 is 26.4. The largest absolute Gasteiger partial charge is 0.328 e. The number of nitrogens with zero attached hydrogens (tertiary/aromatic N) is 1. The Kier molecular flexibility index (Phi) is 3.28. The van der Waals surface area contributed by atoms with E-state index >= 15 is 0 Å². The Morgan fingerprint density at radius 1 is 1.62 bits per heavy atom. The van der Waals surface area contributed by atoms with E-state index in [0.29, 0.717) is 19.0 Å². The van der Waals surface area contributed by atoms with Gasteiger partial charge in [-0.3, -0.25) is 0 Å². The smallest absolute Gasteiger partial charge is 0.279 e. The van der Waals surface area contributed by atoms with E-state index < -0.39 is 10.2 Å². The summed E-state index contributed by atoms with van der Waals surface area (Å²) in [5.41, 5.74) is 5.70. The Labute approximate surface area is 79.5 Å². The van der Waals surface area contributed by atoms with Crippen LogP contribution < -0.4 is 10.5 Å². The van der Waals surface area contributed by atoms with Crippen LogP contribution in [0.1, 0.15) is 13.3 Å². The molecule has 78 valence electrons. The van der Waals surface area contributed by atoms with Gasteiger partial charge in [0.15, 0.2) is 0 Å². The van der Waals surface area contributed by atoms with E-state index in [9.17, 15) is 8.42 Å². The first-order chi connectivity index (χ1) is 5.97. The normalized spacial score (nSPS) is 27.8. The zero-order valence-electron chi connectivity index (χ0n) is 8.03. The summed E-state index contributed by atoms with van der Waals surface area (Å²) in [5.74, 6) is 0.295. The Balaban J connectivity index is 2.60. The summed E-state index contributed by atoms with van der Waals surface area (Å²) in [5, 5.41) is 0. The summed E-state index contributed by atoms with van der Waals surface area (Å²) >= 11 is 0. The molecule has 3 N–H and O–H groups in total. The van der Waals surface area contributed by atoms with Gasteiger partial charge in [-0.05, 0) is 19.3 Å². The van der Waals surface area contributed by atoms with Crippen LogP contribution in [0.15, 0.2) is 0 Å². The van der Waals surface area contributed by atoms with E-state index in [1.54, 1.807) is 0 Å². The standard InChI is InChI=1S/C7H17N3O2S/c1-6(8)7-3-4-10(5-7)13(11,12)9-2/h6-7,9H,3-5,8H2,1-2H3. The molecule has 0 saturated carbocycles. The first kappa shape index (κ1) is 10.9. The fourth-order valence-electron chi connectivity index (χ4n) is 1.53. The zero-order valence-corrected chi connectivity index (χ0v) is 8.84. The molecule has 0 aromatic heterocycles. The predicted molar refractivity (Wildman–Crippen MR) is 51.3 cm³/mol. The number of hydrogen-bond donors (Lipinski definition) is 2. The summed E-state index contributed by atoms with van der Waals surface area (Å²) in [6.45, 7) is 3.04. The van der Waals surface area contributed by atoms with Crippen molar-refractivity contribution in [1.29, 1.82) is 0 Å². The van der Waals surface area contributed by atoms with E-state index in [-0.39, 0.29) is 6.04 Å². The molecule has 13 heavy (non-hydrogen) atoms. The zero-order chi connectivity index (χ0) is 10.1. The van der Waals surface area contributed by atoms with Gasteiger partial charge in [-0.15, -0.1) is 0 Å². The summed E-state index contributed by atoms with van der Waals surface area (Å²) in [4.78, 5) is 0. The molecule has 1 fully saturated rings. The molecule has 1 saturated heterocycles. The topological polar surface area (TPSA) is 75.4 Å². The van der Waals surface area contributed by atoms with Gasteiger partial charge in [0.25, 0.3) is 10.2 Å². The van der Waals surface area contributed by atoms with Crippen LogP contribution in [-0.4, -0.2) is 38.9 Å². The molecule has 6 heteroatoms. The van der Waals surface area contributed by atoms with E-state index in [4.69, 9.17) is 5.73 Å². The first-order valence-electron chi connectivity index (χ1n) is 4.41. The molecule has 5 nitrogen and oxygen atoms in total. The van der Waals surface area contributed by atoms with Gasteiger partial charge in [-0.1, -0.05) is 0 Å². The molecule has 0 aromatic rings. The lowest BCUT2D eigenvalue weighted by Crippen LogP contribution is -2.38. The minimum absolute atomic E-state index is 0.0667. The van der Waals surface area contributed by atoms with Crippen LogP contribution in [0.3, 0.4) is 0 Å². The average Bonchev–Trinajstić information content (AvgIpc) is 2.52. The first-order valence-corrected chi connectivity index (χ1v) is 5.85. The lowest BCUT2D eigenvalue weighted by Gasteiger charge is -2.16. The number of rotatable bonds is 3. The SMILES string of the molecule is CNS(=O)(=O)N1CCC(C(C)N)C1. The van der Waals surface area contributed by atoms with Gasteiger partial charge < -0.3 is 5.73 Å². The van der Waals surface area contributed by atoms with Crippen molar-refractivity contribution in [2.45, 2.75) is 19.4 Å². The van der Waals surface area contributed by atoms with Crippen LogP contribution in [0.2, 0.25) is 0 Å². The molecule has 2 atom stereocenters. The lowest BCUT2D eigenvalue weighted by atomic mass is 10.0. The van der Waals surface area contributed by atoms with E-state index in [0.717, 1.165) is 6.42 Å². The molecule has 1 aliphatic heterocycles. The minimum Gasteiger partial charge on any atom is -0.328 e. The fraction of sp³-hybridized carbons (Fsp3) is 1.00. The Hall–Kier alpha value is -0.170. The highest BCUT2D eigenvalue weighted by Gasteiger charge is 2.31. The van der Waals surface area contributed by atoms with Crippen LogP contribution in [0, 0.1) is 5.92 Å². The monoisotopic (exact) mass is 207 g/mol. The maximum Gasteiger partial charge on any atom is 0.279 e. The van der Waals surface area contributed by atoms with Crippen LogP contribution in [0.25, 0.3) is 0 Å². The Bertz CT molecular complexity index is 263. The second kappa shape index (κ2) is 3.91. The Morgan fingerprint density at radius 3 is 2.62 bits per heavy atom. The van der Waals surface area contributed by atoms with Gasteiger partial charge in [-0.25, -0.2) is 4.72 Å². The fourth-order valence-corrected chi connectivity index (χ4v) is 2.52. The van der Waals surface area contributed by atoms with Crippen molar-refractivity contribution in [2.75, 3.05) is 20.1 Å². The highest BCUT2D eigenvalue weighted by atomic mass is 32.2. The van der Waals surface area contributed by atoms with Gasteiger partial charge in [0.2, 0.25) is 0 Å². The molecule has 1 aliphatic rings. The highest BCUT2D eigenvalue weighted by molar-refractivity contribution is 7.87. The molecule has 0 aromatic carbocycles. The van der Waals surface area contributed by atoms with E-state index in [1.807, 2.05) is 6.92 Å². The second-order valence-corrected chi connectivity index (χ2v) is 5.35. The maximum atomic E-state index is 11.3. The minimum atomic E-state index is -3.24. The van der Waals surface area contributed by atoms with Crippen molar-refractivity contribution in [2.24, 2.45) is 11.7 Å². The van der Waals surface area contributed by atoms with E-state index in [1.165, 1.54) is 11.4 Å². The van der Waals surface area contributed by atoms with E-state index in [2.05, 4.69) is 4.72 Å². The van der Waals surface area contributed by atoms with Gasteiger partial charge in [0.1, 0.15) is 0 Å². The quantitative estimate of drug-likeness (QED) is 0.631. The maximum absolute atomic E-state index is 11.3. The molecular formula is C7H17N3O2S. The molecule has 0 amide bonds. The third-order valence-corrected chi connectivity index (χ3v) is 4.06. The van der Waals surface area contributed by atoms with Gasteiger partial charge in [-0.2, -0.15) is 12.7 Å². The van der Waals surface area contributed by atoms with Crippen molar-refractivity contribution < 1.29 is 8.42 Å². The van der Waals surface area contributed by atoms with Crippen molar-refractivity contribution in [3.8, 4) is 0 Å². The molecular weight excluding hydrogens is 190 g/mol. The number of hydrogen-bond acceptors (Lipinski definition) is 3. The molecule has 0 bridgehead atoms. The molecule has 1 rings (SSSR count). The summed E-state index contributed by atoms with van der Waals surface area (Å²) in [6.07, 6.45) is 0.860. The van der Waals surface area contributed by atoms with Crippen LogP contribution in [0.5, 0.6) is 0 Å². The third-order valence-electron chi connectivity index (χ3n) is 2.53. The van der Waals surface area contributed by atoms with Gasteiger partial charge in [0.05, 0.1) is 0 Å². The average molecular weight is 207 g/mol. The molecule has 1 heterocycles. The molecule has 0 aliphatic carbocycles. The molecule has 0 radical (unpaired) electrons. The van der Waals surface area contributed by atoms with Crippen molar-refractivity contribution in [3.63, 3.8) is 0 Å². The van der Waals surface area contributed by atoms with Crippen LogP contribution in [-0.2, 0) is 10.2 Å². The highest BCUT2D eigenvalue weighted by Crippen LogP contribution is 2.20. The van der Waals surface area contributed by atoms with Gasteiger partial charge >= 0.3 is 0 Å². The molecule has 0 spiro atoms. The predicted octanol–water partition coefficient (Wildman–Crippen LogP) is -0.880. The number of nitrogens with one attached hydrogen (secondary N) is 1. The summed E-state index contributed by atoms with van der Waals surface area (Å²) in [7, 11) is -1.81. The van der Waals surface area contributed by atoms with Crippen molar-refractivity contribution >= 4 is 10.2 Å². The van der Waals surface area contributed by atoms with Crippen LogP contribution in [0.4, 0.5) is 0 Å². The number of nitrogens with two attached hydrogens (primary N) is 1. The molecule has 2 unspecified atom stereocenters. The summed E-state index contributed by atoms with van der Waals surface area (Å²) in [6, 6.07) is 0.0667. The van der Waals surface area contributed by atoms with Crippen molar-refractivity contribution in [1.82, 2.24) is 9.03 Å². The van der Waals surface area contributed by atoms with Crippen LogP contribution >= 0.6 is 0 Å². The second-order valence-electron chi connectivity index (χ2n) is 3.48.